The van der Waals surface area contributed by atoms with E-state index in [1.807, 2.05) is 0 Å². The topological polar surface area (TPSA) is 86.2 Å². The molecule has 0 aromatic rings. The number of allylic oxidation sites excluding steroid dienone is 1. The van der Waals surface area contributed by atoms with Crippen LogP contribution in [0.4, 0.5) is 0 Å². The number of nitrogens with two attached hydrogens (primary N) is 2. The molecule has 4 nitrogen and oxygen atoms in total. The zero-order valence-corrected chi connectivity index (χ0v) is 28.6. The van der Waals surface area contributed by atoms with E-state index in [-0.39, 0.29) is 23.0 Å². The fourth-order valence-electron chi connectivity index (χ4n) is 6.04. The van der Waals surface area contributed by atoms with Crippen LogP contribution in [-0.2, 0) is 9.59 Å². The smallest absolute Gasteiger partial charge is 0.170 e. The lowest BCUT2D eigenvalue weighted by Crippen LogP contribution is -2.23. The third-order valence-electron chi connectivity index (χ3n) is 8.86. The number of ketones is 2. The summed E-state index contributed by atoms with van der Waals surface area (Å²) < 4.78 is 0. The van der Waals surface area contributed by atoms with E-state index < -0.39 is 0 Å². The Bertz CT molecular complexity index is 591. The molecule has 0 aliphatic heterocycles. The average molecular weight is 591 g/mol. The van der Waals surface area contributed by atoms with Crippen LogP contribution in [0.15, 0.2) is 11.4 Å². The first-order chi connectivity index (χ1) is 20.5. The molecule has 0 aliphatic rings. The van der Waals surface area contributed by atoms with Crippen molar-refractivity contribution in [1.29, 1.82) is 0 Å². The van der Waals surface area contributed by atoms with Gasteiger partial charge in [0.25, 0.3) is 0 Å². The van der Waals surface area contributed by atoms with Gasteiger partial charge in [0, 0.05) is 12.8 Å². The summed E-state index contributed by atoms with van der Waals surface area (Å²) in [4.78, 5) is 25.4. The minimum absolute atomic E-state index is 0.0747. The van der Waals surface area contributed by atoms with Crippen LogP contribution in [0, 0.1) is 0 Å². The maximum Gasteiger partial charge on any atom is 0.170 e. The summed E-state index contributed by atoms with van der Waals surface area (Å²) in [7, 11) is 0. The summed E-state index contributed by atoms with van der Waals surface area (Å²) in [6.07, 6.45) is 39.6. The molecule has 0 aliphatic carbocycles. The van der Waals surface area contributed by atoms with Gasteiger partial charge in [-0.25, -0.2) is 0 Å². The van der Waals surface area contributed by atoms with Crippen molar-refractivity contribution in [3.05, 3.63) is 11.4 Å². The number of carbonyl (C=O) groups excluding carboxylic acids is 2. The summed E-state index contributed by atoms with van der Waals surface area (Å²) in [5, 5.41) is 0. The molecule has 0 atom stereocenters. The van der Waals surface area contributed by atoms with Gasteiger partial charge in [-0.05, 0) is 12.8 Å². The number of rotatable bonds is 34. The second-order valence-electron chi connectivity index (χ2n) is 13.1. The lowest BCUT2D eigenvalue weighted by atomic mass is 9.96. The van der Waals surface area contributed by atoms with Crippen molar-refractivity contribution in [1.82, 2.24) is 0 Å². The highest BCUT2D eigenvalue weighted by atomic mass is 16.1. The van der Waals surface area contributed by atoms with Crippen LogP contribution in [0.5, 0.6) is 0 Å². The first-order valence-corrected chi connectivity index (χ1v) is 18.9. The highest BCUT2D eigenvalue weighted by molar-refractivity contribution is 6.20. The largest absolute Gasteiger partial charge is 0.385 e. The third kappa shape index (κ3) is 27.5. The lowest BCUT2D eigenvalue weighted by Gasteiger charge is -2.08. The Kier molecular flexibility index (Phi) is 31.6. The fraction of sp³-hybridized carbons (Fsp3) is 0.895. The lowest BCUT2D eigenvalue weighted by molar-refractivity contribution is -0.121. The Hall–Kier alpha value is -1.32. The van der Waals surface area contributed by atoms with Gasteiger partial charge in [-0.1, -0.05) is 194 Å². The molecule has 0 saturated carbocycles. The molecule has 0 saturated heterocycles. The molecule has 4 N–H and O–H groups in total. The van der Waals surface area contributed by atoms with Crippen LogP contribution in [0.25, 0.3) is 0 Å². The van der Waals surface area contributed by atoms with Crippen LogP contribution in [0.2, 0.25) is 0 Å². The molecule has 0 aromatic heterocycles. The normalized spacial score (nSPS) is 11.2. The molecule has 0 fully saturated rings. The van der Waals surface area contributed by atoms with E-state index in [9.17, 15) is 9.59 Å². The van der Waals surface area contributed by atoms with Gasteiger partial charge in [0.15, 0.2) is 11.6 Å². The maximum absolute atomic E-state index is 12.7. The number of hydrogen-bond acceptors (Lipinski definition) is 4. The van der Waals surface area contributed by atoms with Gasteiger partial charge in [-0.3, -0.25) is 9.59 Å². The van der Waals surface area contributed by atoms with E-state index in [0.29, 0.717) is 12.8 Å². The summed E-state index contributed by atoms with van der Waals surface area (Å²) >= 11 is 0. The first-order valence-electron chi connectivity index (χ1n) is 18.9. The average Bonchev–Trinajstić information content (AvgIpc) is 2.97. The van der Waals surface area contributed by atoms with E-state index in [2.05, 4.69) is 13.8 Å². The molecular weight excluding hydrogens is 516 g/mol. The third-order valence-corrected chi connectivity index (χ3v) is 8.86. The summed E-state index contributed by atoms with van der Waals surface area (Å²) in [6, 6.07) is 0. The van der Waals surface area contributed by atoms with E-state index in [1.54, 1.807) is 0 Å². The molecule has 42 heavy (non-hydrogen) atoms. The molecule has 0 unspecified atom stereocenters. The minimum atomic E-state index is -0.157. The summed E-state index contributed by atoms with van der Waals surface area (Å²) in [5.74, 6) is -0.404. The van der Waals surface area contributed by atoms with Gasteiger partial charge in [0.05, 0.1) is 0 Å². The van der Waals surface area contributed by atoms with E-state index in [4.69, 9.17) is 11.5 Å². The van der Waals surface area contributed by atoms with Gasteiger partial charge in [-0.15, -0.1) is 0 Å². The zero-order chi connectivity index (χ0) is 30.9. The zero-order valence-electron chi connectivity index (χ0n) is 28.6. The second-order valence-corrected chi connectivity index (χ2v) is 13.1. The van der Waals surface area contributed by atoms with Crippen LogP contribution >= 0.6 is 0 Å². The highest BCUT2D eigenvalue weighted by Crippen LogP contribution is 2.17. The van der Waals surface area contributed by atoms with Gasteiger partial charge in [-0.2, -0.15) is 0 Å². The Morgan fingerprint density at radius 1 is 0.333 bits per heavy atom. The molecule has 0 aromatic carbocycles. The predicted octanol–water partition coefficient (Wildman–Crippen LogP) is 11.8. The Labute approximate surface area is 263 Å². The quantitative estimate of drug-likeness (QED) is 0.0338. The SMILES string of the molecule is CCCCCCCCCCCCCCCCCC(=O)C(C(=O)CCCCCCCCCCCCCCCCC)=C(N)N. The molecule has 0 bridgehead atoms. The number of unbranched alkanes of at least 4 members (excludes halogenated alkanes) is 28. The van der Waals surface area contributed by atoms with E-state index >= 15 is 0 Å². The Morgan fingerprint density at radius 2 is 0.524 bits per heavy atom. The van der Waals surface area contributed by atoms with Gasteiger partial charge in [0.1, 0.15) is 11.4 Å². The molecule has 248 valence electrons. The van der Waals surface area contributed by atoms with Crippen molar-refractivity contribution in [3.8, 4) is 0 Å². The van der Waals surface area contributed by atoms with Crippen molar-refractivity contribution >= 4 is 11.6 Å². The molecule has 0 rings (SSSR count). The summed E-state index contributed by atoms with van der Waals surface area (Å²) in [6.45, 7) is 4.55. The number of hydrogen-bond donors (Lipinski definition) is 2. The molecular formula is C38H74N2O2. The highest BCUT2D eigenvalue weighted by Gasteiger charge is 2.20. The molecule has 4 heteroatoms. The monoisotopic (exact) mass is 591 g/mol. The van der Waals surface area contributed by atoms with E-state index in [0.717, 1.165) is 38.5 Å². The Morgan fingerprint density at radius 3 is 0.714 bits per heavy atom. The van der Waals surface area contributed by atoms with E-state index in [1.165, 1.54) is 154 Å². The van der Waals surface area contributed by atoms with Crippen molar-refractivity contribution in [2.24, 2.45) is 11.5 Å². The van der Waals surface area contributed by atoms with Crippen molar-refractivity contribution < 1.29 is 9.59 Å². The standard InChI is InChI=1S/C38H74N2O2/c1-3-5-7-9-11-13-15-17-19-21-23-25-27-29-31-33-35(41)37(38(39)40)36(42)34-32-30-28-26-24-22-20-18-16-14-12-10-8-6-4-2/h3-34,39-40H2,1-2H3. The molecule has 0 heterocycles. The van der Waals surface area contributed by atoms with Crippen LogP contribution in [-0.4, -0.2) is 11.6 Å². The van der Waals surface area contributed by atoms with Crippen molar-refractivity contribution in [2.45, 2.75) is 219 Å². The minimum Gasteiger partial charge on any atom is -0.385 e. The van der Waals surface area contributed by atoms with Crippen LogP contribution in [0.1, 0.15) is 219 Å². The molecule has 0 radical (unpaired) electrons. The van der Waals surface area contributed by atoms with Crippen molar-refractivity contribution in [3.63, 3.8) is 0 Å². The fourth-order valence-corrected chi connectivity index (χ4v) is 6.04. The van der Waals surface area contributed by atoms with Gasteiger partial charge < -0.3 is 11.5 Å². The molecule has 0 spiro atoms. The predicted molar refractivity (Wildman–Crippen MR) is 185 cm³/mol. The molecule has 0 amide bonds. The van der Waals surface area contributed by atoms with Gasteiger partial charge in [0.2, 0.25) is 0 Å². The van der Waals surface area contributed by atoms with Crippen molar-refractivity contribution in [2.75, 3.05) is 0 Å². The van der Waals surface area contributed by atoms with Crippen LogP contribution in [0.3, 0.4) is 0 Å². The van der Waals surface area contributed by atoms with Crippen LogP contribution < -0.4 is 11.5 Å². The number of carbonyl (C=O) groups is 2. The Balaban J connectivity index is 3.68. The maximum atomic E-state index is 12.7. The second kappa shape index (κ2) is 32.6. The first kappa shape index (κ1) is 40.7. The summed E-state index contributed by atoms with van der Waals surface area (Å²) in [5.41, 5.74) is 11.6. The number of Topliss-reactive ketones (excluding diaryl/α,β-unsaturated/α-hetero) is 2. The van der Waals surface area contributed by atoms with Gasteiger partial charge >= 0.3 is 0 Å².